The number of likely N-dealkylation sites (N-methyl/N-ethyl adjacent to an activating group) is 1. The molecule has 0 saturated carbocycles. The Morgan fingerprint density at radius 3 is 2.57 bits per heavy atom. The van der Waals surface area contributed by atoms with Crippen molar-refractivity contribution in [3.8, 4) is 0 Å². The summed E-state index contributed by atoms with van der Waals surface area (Å²) in [6.45, 7) is 4.08. The van der Waals surface area contributed by atoms with Crippen LogP contribution in [0.15, 0.2) is 54.6 Å². The lowest BCUT2D eigenvalue weighted by atomic mass is 10.2. The molecule has 0 aliphatic carbocycles. The van der Waals surface area contributed by atoms with E-state index < -0.39 is 0 Å². The fourth-order valence-corrected chi connectivity index (χ4v) is 2.93. The molecule has 0 radical (unpaired) electrons. The normalized spacial score (nSPS) is 13.1. The number of benzene rings is 2. The van der Waals surface area contributed by atoms with E-state index in [0.717, 1.165) is 18.7 Å². The Morgan fingerprint density at radius 1 is 1.10 bits per heavy atom. The number of rotatable bonds is 4. The predicted octanol–water partition coefficient (Wildman–Crippen LogP) is 3.10. The third-order valence-electron chi connectivity index (χ3n) is 3.99. The highest BCUT2D eigenvalue weighted by Gasteiger charge is 2.23. The number of carbonyl (C=O) groups is 1. The zero-order chi connectivity index (χ0) is 14.7. The third kappa shape index (κ3) is 2.77. The van der Waals surface area contributed by atoms with E-state index in [9.17, 15) is 4.79 Å². The maximum atomic E-state index is 12.6. The highest BCUT2D eigenvalue weighted by atomic mass is 16.2. The molecule has 1 heterocycles. The molecular formula is C18H20N2O. The predicted molar refractivity (Wildman–Crippen MR) is 86.8 cm³/mol. The maximum Gasteiger partial charge on any atom is 0.246 e. The average molecular weight is 280 g/mol. The van der Waals surface area contributed by atoms with Crippen LogP contribution < -0.4 is 9.80 Å². The van der Waals surface area contributed by atoms with Gasteiger partial charge in [0.25, 0.3) is 0 Å². The summed E-state index contributed by atoms with van der Waals surface area (Å²) >= 11 is 0. The van der Waals surface area contributed by atoms with E-state index in [1.807, 2.05) is 48.2 Å². The van der Waals surface area contributed by atoms with Crippen LogP contribution in [-0.2, 0) is 11.2 Å². The monoisotopic (exact) mass is 280 g/mol. The van der Waals surface area contributed by atoms with E-state index in [1.165, 1.54) is 11.3 Å². The summed E-state index contributed by atoms with van der Waals surface area (Å²) in [5, 5.41) is 0. The van der Waals surface area contributed by atoms with Crippen molar-refractivity contribution >= 4 is 17.3 Å². The van der Waals surface area contributed by atoms with Crippen molar-refractivity contribution in [1.82, 2.24) is 0 Å². The number of carbonyl (C=O) groups excluding carboxylic acids is 1. The number of nitrogens with zero attached hydrogens (tertiary/aromatic N) is 2. The van der Waals surface area contributed by atoms with Gasteiger partial charge in [0.05, 0.1) is 6.54 Å². The van der Waals surface area contributed by atoms with Crippen molar-refractivity contribution in [2.75, 3.05) is 29.4 Å². The lowest BCUT2D eigenvalue weighted by Gasteiger charge is -2.25. The molecule has 0 bridgehead atoms. The first kappa shape index (κ1) is 13.7. The second-order valence-corrected chi connectivity index (χ2v) is 5.27. The molecule has 0 spiro atoms. The molecule has 1 amide bonds. The third-order valence-corrected chi connectivity index (χ3v) is 3.99. The van der Waals surface area contributed by atoms with E-state index in [1.54, 1.807) is 0 Å². The molecule has 0 saturated heterocycles. The molecule has 3 heteroatoms. The fraction of sp³-hybridized carbons (Fsp3) is 0.278. The lowest BCUT2D eigenvalue weighted by molar-refractivity contribution is -0.117. The summed E-state index contributed by atoms with van der Waals surface area (Å²) in [5.74, 6) is 0.153. The number of hydrogen-bond acceptors (Lipinski definition) is 2. The van der Waals surface area contributed by atoms with Crippen LogP contribution in [0, 0.1) is 0 Å². The summed E-state index contributed by atoms with van der Waals surface area (Å²) < 4.78 is 0. The standard InChI is InChI=1S/C18H20N2O/c1-2-20(16-9-4-3-5-10-16)18(21)14-19-13-12-15-8-6-7-11-17(15)19/h3-11H,2,12-14H2,1H3. The van der Waals surface area contributed by atoms with E-state index >= 15 is 0 Å². The van der Waals surface area contributed by atoms with Gasteiger partial charge in [-0.3, -0.25) is 4.79 Å². The van der Waals surface area contributed by atoms with Crippen LogP contribution in [0.2, 0.25) is 0 Å². The van der Waals surface area contributed by atoms with E-state index in [2.05, 4.69) is 23.1 Å². The smallest absolute Gasteiger partial charge is 0.246 e. The van der Waals surface area contributed by atoms with Gasteiger partial charge in [0.15, 0.2) is 0 Å². The lowest BCUT2D eigenvalue weighted by Crippen LogP contribution is -2.40. The minimum atomic E-state index is 0.153. The SMILES string of the molecule is CCN(C(=O)CN1CCc2ccccc21)c1ccccc1. The van der Waals surface area contributed by atoms with Crippen LogP contribution in [0.25, 0.3) is 0 Å². The molecule has 2 aromatic rings. The van der Waals surface area contributed by atoms with Gasteiger partial charge in [-0.05, 0) is 37.1 Å². The van der Waals surface area contributed by atoms with Gasteiger partial charge in [0.2, 0.25) is 5.91 Å². The Hall–Kier alpha value is -2.29. The largest absolute Gasteiger partial charge is 0.362 e. The minimum Gasteiger partial charge on any atom is -0.362 e. The molecule has 3 nitrogen and oxygen atoms in total. The molecule has 3 rings (SSSR count). The van der Waals surface area contributed by atoms with E-state index in [4.69, 9.17) is 0 Å². The van der Waals surface area contributed by atoms with Crippen molar-refractivity contribution in [3.05, 3.63) is 60.2 Å². The van der Waals surface area contributed by atoms with Gasteiger partial charge in [-0.25, -0.2) is 0 Å². The van der Waals surface area contributed by atoms with E-state index in [0.29, 0.717) is 13.1 Å². The van der Waals surface area contributed by atoms with Crippen LogP contribution in [0.4, 0.5) is 11.4 Å². The van der Waals surface area contributed by atoms with Gasteiger partial charge in [0, 0.05) is 24.5 Å². The van der Waals surface area contributed by atoms with Gasteiger partial charge in [-0.15, -0.1) is 0 Å². The number of hydrogen-bond donors (Lipinski definition) is 0. The van der Waals surface area contributed by atoms with Crippen molar-refractivity contribution in [3.63, 3.8) is 0 Å². The molecule has 0 atom stereocenters. The van der Waals surface area contributed by atoms with Crippen LogP contribution in [0.5, 0.6) is 0 Å². The Balaban J connectivity index is 1.75. The number of para-hydroxylation sites is 2. The number of amides is 1. The highest BCUT2D eigenvalue weighted by molar-refractivity contribution is 5.96. The van der Waals surface area contributed by atoms with Crippen molar-refractivity contribution in [1.29, 1.82) is 0 Å². The van der Waals surface area contributed by atoms with Crippen molar-refractivity contribution in [2.45, 2.75) is 13.3 Å². The topological polar surface area (TPSA) is 23.6 Å². The molecule has 2 aromatic carbocycles. The van der Waals surface area contributed by atoms with Gasteiger partial charge < -0.3 is 9.80 Å². The molecule has 0 aromatic heterocycles. The molecule has 0 unspecified atom stereocenters. The molecule has 21 heavy (non-hydrogen) atoms. The Morgan fingerprint density at radius 2 is 1.81 bits per heavy atom. The summed E-state index contributed by atoms with van der Waals surface area (Å²) in [7, 11) is 0. The molecule has 0 fully saturated rings. The van der Waals surface area contributed by atoms with Crippen LogP contribution in [0.3, 0.4) is 0 Å². The highest BCUT2D eigenvalue weighted by Crippen LogP contribution is 2.27. The van der Waals surface area contributed by atoms with Gasteiger partial charge in [-0.1, -0.05) is 36.4 Å². The van der Waals surface area contributed by atoms with Gasteiger partial charge >= 0.3 is 0 Å². The Labute approximate surface area is 125 Å². The quantitative estimate of drug-likeness (QED) is 0.859. The first-order valence-corrected chi connectivity index (χ1v) is 7.48. The summed E-state index contributed by atoms with van der Waals surface area (Å²) in [6.07, 6.45) is 1.03. The van der Waals surface area contributed by atoms with Crippen LogP contribution >= 0.6 is 0 Å². The Kier molecular flexibility index (Phi) is 3.91. The van der Waals surface area contributed by atoms with Crippen molar-refractivity contribution in [2.24, 2.45) is 0 Å². The molecule has 108 valence electrons. The second-order valence-electron chi connectivity index (χ2n) is 5.27. The minimum absolute atomic E-state index is 0.153. The summed E-state index contributed by atoms with van der Waals surface area (Å²) in [4.78, 5) is 16.7. The van der Waals surface area contributed by atoms with Crippen LogP contribution in [-0.4, -0.2) is 25.5 Å². The summed E-state index contributed by atoms with van der Waals surface area (Å²) in [5.41, 5.74) is 3.51. The van der Waals surface area contributed by atoms with Crippen LogP contribution in [0.1, 0.15) is 12.5 Å². The number of anilines is 2. The average Bonchev–Trinajstić information content (AvgIpc) is 2.92. The van der Waals surface area contributed by atoms with Gasteiger partial charge in [-0.2, -0.15) is 0 Å². The first-order chi connectivity index (χ1) is 10.3. The molecular weight excluding hydrogens is 260 g/mol. The molecule has 0 N–H and O–H groups in total. The van der Waals surface area contributed by atoms with Crippen molar-refractivity contribution < 1.29 is 4.79 Å². The zero-order valence-corrected chi connectivity index (χ0v) is 12.3. The van der Waals surface area contributed by atoms with E-state index in [-0.39, 0.29) is 5.91 Å². The molecule has 1 aliphatic rings. The fourth-order valence-electron chi connectivity index (χ4n) is 2.93. The zero-order valence-electron chi connectivity index (χ0n) is 12.3. The van der Waals surface area contributed by atoms with Gasteiger partial charge in [0.1, 0.15) is 0 Å². The Bertz CT molecular complexity index is 624. The maximum absolute atomic E-state index is 12.6. The number of fused-ring (bicyclic) bond motifs is 1. The summed E-state index contributed by atoms with van der Waals surface area (Å²) in [6, 6.07) is 18.2. The first-order valence-electron chi connectivity index (χ1n) is 7.48. The molecule has 1 aliphatic heterocycles. The second kappa shape index (κ2) is 6.00.